The van der Waals surface area contributed by atoms with Crippen LogP contribution in [0.4, 0.5) is 0 Å². The molecule has 0 aliphatic carbocycles. The van der Waals surface area contributed by atoms with E-state index in [0.717, 1.165) is 25.8 Å². The summed E-state index contributed by atoms with van der Waals surface area (Å²) in [5.74, 6) is -0.263. The van der Waals surface area contributed by atoms with Gasteiger partial charge in [0.2, 0.25) is 5.91 Å². The molecule has 3 N–H and O–H groups in total. The highest BCUT2D eigenvalue weighted by atomic mass is 16.1. The summed E-state index contributed by atoms with van der Waals surface area (Å²) in [4.78, 5) is 13.5. The Morgan fingerprint density at radius 3 is 2.53 bits per heavy atom. The zero-order chi connectivity index (χ0) is 14.1. The number of primary amides is 1. The van der Waals surface area contributed by atoms with Crippen molar-refractivity contribution >= 4 is 5.91 Å². The molecule has 0 saturated heterocycles. The molecule has 4 nitrogen and oxygen atoms in total. The second-order valence-corrected chi connectivity index (χ2v) is 5.12. The quantitative estimate of drug-likeness (QED) is 0.661. The van der Waals surface area contributed by atoms with Gasteiger partial charge in [-0.2, -0.15) is 0 Å². The number of carbonyl (C=O) groups excluding carboxylic acids is 1. The Bertz CT molecular complexity index is 365. The van der Waals surface area contributed by atoms with Gasteiger partial charge in [0.05, 0.1) is 6.04 Å². The Balaban J connectivity index is 2.30. The number of hydrogen-bond acceptors (Lipinski definition) is 3. The lowest BCUT2D eigenvalue weighted by Crippen LogP contribution is -2.40. The van der Waals surface area contributed by atoms with Gasteiger partial charge >= 0.3 is 0 Å². The highest BCUT2D eigenvalue weighted by molar-refractivity contribution is 5.79. The van der Waals surface area contributed by atoms with Crippen LogP contribution < -0.4 is 11.1 Å². The van der Waals surface area contributed by atoms with Gasteiger partial charge in [-0.15, -0.1) is 0 Å². The van der Waals surface area contributed by atoms with Crippen LogP contribution in [0.15, 0.2) is 30.3 Å². The summed E-state index contributed by atoms with van der Waals surface area (Å²) in [6, 6.07) is 9.81. The Labute approximate surface area is 116 Å². The van der Waals surface area contributed by atoms with E-state index in [1.807, 2.05) is 30.3 Å². The van der Waals surface area contributed by atoms with Crippen LogP contribution in [-0.4, -0.2) is 37.5 Å². The van der Waals surface area contributed by atoms with Crippen LogP contribution in [0.1, 0.15) is 24.8 Å². The van der Waals surface area contributed by atoms with Crippen LogP contribution in [0.5, 0.6) is 0 Å². The molecule has 1 aromatic rings. The molecule has 106 valence electrons. The van der Waals surface area contributed by atoms with Gasteiger partial charge < -0.3 is 16.0 Å². The molecule has 1 amide bonds. The Morgan fingerprint density at radius 1 is 1.26 bits per heavy atom. The molecule has 0 aliphatic heterocycles. The van der Waals surface area contributed by atoms with E-state index in [4.69, 9.17) is 5.73 Å². The smallest absolute Gasteiger partial charge is 0.234 e. The van der Waals surface area contributed by atoms with Gasteiger partial charge in [-0.25, -0.2) is 0 Å². The number of nitrogens with two attached hydrogens (primary N) is 1. The van der Waals surface area contributed by atoms with E-state index in [-0.39, 0.29) is 11.9 Å². The van der Waals surface area contributed by atoms with Crippen molar-refractivity contribution in [3.63, 3.8) is 0 Å². The summed E-state index contributed by atoms with van der Waals surface area (Å²) in [6.45, 7) is 1.73. The van der Waals surface area contributed by atoms with Crippen molar-refractivity contribution in [1.29, 1.82) is 0 Å². The average molecular weight is 263 g/mol. The highest BCUT2D eigenvalue weighted by Gasteiger charge is 2.13. The summed E-state index contributed by atoms with van der Waals surface area (Å²) >= 11 is 0. The molecule has 1 aromatic carbocycles. The van der Waals surface area contributed by atoms with Crippen molar-refractivity contribution < 1.29 is 4.79 Å². The van der Waals surface area contributed by atoms with E-state index in [2.05, 4.69) is 24.3 Å². The molecule has 4 heteroatoms. The SMILES string of the molecule is CN(C)CCCCC(NCc1ccccc1)C(N)=O. The number of amides is 1. The predicted molar refractivity (Wildman–Crippen MR) is 78.7 cm³/mol. The minimum absolute atomic E-state index is 0.234. The molecule has 1 atom stereocenters. The average Bonchev–Trinajstić information content (AvgIpc) is 2.38. The third-order valence-corrected chi connectivity index (χ3v) is 3.09. The number of carbonyl (C=O) groups is 1. The van der Waals surface area contributed by atoms with E-state index in [1.54, 1.807) is 0 Å². The van der Waals surface area contributed by atoms with Gasteiger partial charge in [-0.1, -0.05) is 36.8 Å². The molecule has 0 aromatic heterocycles. The lowest BCUT2D eigenvalue weighted by molar-refractivity contribution is -0.120. The van der Waals surface area contributed by atoms with Gasteiger partial charge in [-0.3, -0.25) is 4.79 Å². The largest absolute Gasteiger partial charge is 0.368 e. The minimum Gasteiger partial charge on any atom is -0.368 e. The first kappa shape index (κ1) is 15.7. The van der Waals surface area contributed by atoms with Crippen LogP contribution >= 0.6 is 0 Å². The van der Waals surface area contributed by atoms with Crippen LogP contribution in [0, 0.1) is 0 Å². The van der Waals surface area contributed by atoms with Gasteiger partial charge in [0, 0.05) is 6.54 Å². The number of nitrogens with one attached hydrogen (secondary N) is 1. The summed E-state index contributed by atoms with van der Waals surface area (Å²) in [5, 5.41) is 3.24. The lowest BCUT2D eigenvalue weighted by Gasteiger charge is -2.16. The van der Waals surface area contributed by atoms with Crippen molar-refractivity contribution in [2.24, 2.45) is 5.73 Å². The molecule has 19 heavy (non-hydrogen) atoms. The van der Waals surface area contributed by atoms with Crippen molar-refractivity contribution in [3.05, 3.63) is 35.9 Å². The molecule has 0 radical (unpaired) electrons. The summed E-state index contributed by atoms with van der Waals surface area (Å²) in [5.41, 5.74) is 6.60. The van der Waals surface area contributed by atoms with Crippen LogP contribution in [0.2, 0.25) is 0 Å². The standard InChI is InChI=1S/C15H25N3O/c1-18(2)11-7-6-10-14(15(16)19)17-12-13-8-4-3-5-9-13/h3-5,8-9,14,17H,6-7,10-12H2,1-2H3,(H2,16,19). The molecule has 0 fully saturated rings. The number of hydrogen-bond donors (Lipinski definition) is 2. The molecular weight excluding hydrogens is 238 g/mol. The van der Waals surface area contributed by atoms with Crippen LogP contribution in [-0.2, 0) is 11.3 Å². The van der Waals surface area contributed by atoms with Gasteiger partial charge in [0.25, 0.3) is 0 Å². The van der Waals surface area contributed by atoms with Crippen LogP contribution in [0.25, 0.3) is 0 Å². The maximum Gasteiger partial charge on any atom is 0.234 e. The van der Waals surface area contributed by atoms with E-state index in [1.165, 1.54) is 5.56 Å². The fourth-order valence-electron chi connectivity index (χ4n) is 1.96. The third kappa shape index (κ3) is 6.94. The monoisotopic (exact) mass is 263 g/mol. The van der Waals surface area contributed by atoms with E-state index >= 15 is 0 Å². The van der Waals surface area contributed by atoms with Crippen molar-refractivity contribution in [1.82, 2.24) is 10.2 Å². The maximum atomic E-state index is 11.4. The lowest BCUT2D eigenvalue weighted by atomic mass is 10.1. The molecule has 0 spiro atoms. The topological polar surface area (TPSA) is 58.4 Å². The first-order valence-corrected chi connectivity index (χ1v) is 6.81. The highest BCUT2D eigenvalue weighted by Crippen LogP contribution is 2.04. The van der Waals surface area contributed by atoms with E-state index < -0.39 is 0 Å². The molecule has 0 saturated carbocycles. The Kier molecular flexibility index (Phi) is 7.15. The number of benzene rings is 1. The zero-order valence-corrected chi connectivity index (χ0v) is 11.9. The summed E-state index contributed by atoms with van der Waals surface area (Å²) in [6.07, 6.45) is 2.90. The Morgan fingerprint density at radius 2 is 1.95 bits per heavy atom. The van der Waals surface area contributed by atoms with Gasteiger partial charge in [-0.05, 0) is 39.0 Å². The molecule has 1 rings (SSSR count). The Hall–Kier alpha value is -1.39. The van der Waals surface area contributed by atoms with Crippen molar-refractivity contribution in [3.8, 4) is 0 Å². The van der Waals surface area contributed by atoms with Crippen molar-refractivity contribution in [2.45, 2.75) is 31.8 Å². The van der Waals surface area contributed by atoms with E-state index in [9.17, 15) is 4.79 Å². The first-order valence-electron chi connectivity index (χ1n) is 6.81. The van der Waals surface area contributed by atoms with Crippen molar-refractivity contribution in [2.75, 3.05) is 20.6 Å². The zero-order valence-electron chi connectivity index (χ0n) is 11.9. The first-order chi connectivity index (χ1) is 9.09. The molecule has 1 unspecified atom stereocenters. The van der Waals surface area contributed by atoms with Gasteiger partial charge in [0.15, 0.2) is 0 Å². The third-order valence-electron chi connectivity index (χ3n) is 3.09. The summed E-state index contributed by atoms with van der Waals surface area (Å²) in [7, 11) is 4.11. The second-order valence-electron chi connectivity index (χ2n) is 5.12. The normalized spacial score (nSPS) is 12.6. The number of nitrogens with zero attached hydrogens (tertiary/aromatic N) is 1. The van der Waals surface area contributed by atoms with E-state index in [0.29, 0.717) is 6.54 Å². The molecular formula is C15H25N3O. The fraction of sp³-hybridized carbons (Fsp3) is 0.533. The molecule has 0 aliphatic rings. The number of rotatable bonds is 9. The summed E-state index contributed by atoms with van der Waals surface area (Å²) < 4.78 is 0. The maximum absolute atomic E-state index is 11.4. The molecule has 0 heterocycles. The minimum atomic E-state index is -0.263. The second kappa shape index (κ2) is 8.67. The van der Waals surface area contributed by atoms with Crippen LogP contribution in [0.3, 0.4) is 0 Å². The predicted octanol–water partition coefficient (Wildman–Crippen LogP) is 1.36. The van der Waals surface area contributed by atoms with Gasteiger partial charge in [0.1, 0.15) is 0 Å². The number of unbranched alkanes of at least 4 members (excludes halogenated alkanes) is 1. The molecule has 0 bridgehead atoms. The fourth-order valence-corrected chi connectivity index (χ4v) is 1.96.